The molecule has 4 nitrogen and oxygen atoms in total. The standard InChI is InChI=1S/2C19H26.2Na.H2O4S/c2*1-2-3-4-5-6-7-8-12-17-14-11-15-18-13-9-10-16-19(17)18;;;1-5(2,3)4/h2*9-11,13-16H,2-8,12H2,1H3;;;(H2,1,2,3,4)/q;;2*+1;/p-2. The molecule has 0 aromatic heterocycles. The van der Waals surface area contributed by atoms with Crippen LogP contribution in [0.15, 0.2) is 84.9 Å². The Kier molecular flexibility index (Phi) is 26.8. The average Bonchev–Trinajstić information content (AvgIpc) is 3.00. The molecule has 4 aromatic carbocycles. The Hall–Kier alpha value is -0.730. The van der Waals surface area contributed by atoms with Crippen molar-refractivity contribution in [2.24, 2.45) is 0 Å². The van der Waals surface area contributed by atoms with Gasteiger partial charge in [0.15, 0.2) is 0 Å². The zero-order valence-electron chi connectivity index (χ0n) is 28.4. The van der Waals surface area contributed by atoms with Crippen molar-refractivity contribution < 1.29 is 76.6 Å². The number of hydrogen-bond donors (Lipinski definition) is 0. The van der Waals surface area contributed by atoms with E-state index in [1.165, 1.54) is 135 Å². The fourth-order valence-corrected chi connectivity index (χ4v) is 5.57. The van der Waals surface area contributed by atoms with Crippen LogP contribution < -0.4 is 59.1 Å². The molecule has 0 saturated heterocycles. The summed E-state index contributed by atoms with van der Waals surface area (Å²) in [6.45, 7) is 4.56. The second kappa shape index (κ2) is 27.2. The minimum atomic E-state index is -5.17. The Bertz CT molecular complexity index is 1300. The van der Waals surface area contributed by atoms with Gasteiger partial charge in [-0.2, -0.15) is 0 Å². The van der Waals surface area contributed by atoms with Gasteiger partial charge in [-0.1, -0.05) is 176 Å². The summed E-state index contributed by atoms with van der Waals surface area (Å²) in [6.07, 6.45) is 21.9. The number of hydrogen-bond acceptors (Lipinski definition) is 4. The first-order valence-electron chi connectivity index (χ1n) is 16.4. The number of fused-ring (bicyclic) bond motifs is 2. The van der Waals surface area contributed by atoms with Crippen LogP contribution in [0.1, 0.15) is 115 Å². The maximum Gasteiger partial charge on any atom is 1.00 e. The zero-order chi connectivity index (χ0) is 31.2. The van der Waals surface area contributed by atoms with Crippen molar-refractivity contribution >= 4 is 31.9 Å². The summed E-state index contributed by atoms with van der Waals surface area (Å²) in [4.78, 5) is 0. The van der Waals surface area contributed by atoms with Crippen LogP contribution in [0.5, 0.6) is 0 Å². The molecule has 0 fully saturated rings. The zero-order valence-corrected chi connectivity index (χ0v) is 33.3. The number of unbranched alkanes of at least 4 members (excludes halogenated alkanes) is 12. The molecule has 45 heavy (non-hydrogen) atoms. The molecule has 0 aliphatic carbocycles. The fraction of sp³-hybridized carbons (Fsp3) is 0.474. The largest absolute Gasteiger partial charge is 1.00 e. The Labute approximate surface area is 318 Å². The van der Waals surface area contributed by atoms with Gasteiger partial charge in [0.2, 0.25) is 0 Å². The summed E-state index contributed by atoms with van der Waals surface area (Å²) in [7, 11) is -5.17. The molecule has 0 amide bonds. The summed E-state index contributed by atoms with van der Waals surface area (Å²) >= 11 is 0. The van der Waals surface area contributed by atoms with Gasteiger partial charge in [-0.25, -0.2) is 0 Å². The normalized spacial score (nSPS) is 10.6. The molecule has 236 valence electrons. The molecular formula is C38H52Na2O4S. The maximum atomic E-state index is 8.52. The van der Waals surface area contributed by atoms with E-state index in [9.17, 15) is 0 Å². The minimum Gasteiger partial charge on any atom is -0.759 e. The molecule has 0 heterocycles. The first-order chi connectivity index (χ1) is 20.8. The van der Waals surface area contributed by atoms with E-state index in [0.717, 1.165) is 0 Å². The summed E-state index contributed by atoms with van der Waals surface area (Å²) in [6, 6.07) is 30.9. The van der Waals surface area contributed by atoms with Crippen molar-refractivity contribution in [2.75, 3.05) is 0 Å². The van der Waals surface area contributed by atoms with Gasteiger partial charge in [-0.05, 0) is 58.4 Å². The molecule has 0 aliphatic rings. The molecule has 0 unspecified atom stereocenters. The monoisotopic (exact) mass is 650 g/mol. The van der Waals surface area contributed by atoms with Gasteiger partial charge in [0.05, 0.1) is 0 Å². The van der Waals surface area contributed by atoms with Gasteiger partial charge in [-0.15, -0.1) is 0 Å². The summed E-state index contributed by atoms with van der Waals surface area (Å²) in [5.74, 6) is 0. The van der Waals surface area contributed by atoms with Crippen LogP contribution in [0, 0.1) is 0 Å². The molecule has 4 aromatic rings. The molecular weight excluding hydrogens is 598 g/mol. The van der Waals surface area contributed by atoms with Crippen LogP contribution in [-0.4, -0.2) is 17.5 Å². The first-order valence-corrected chi connectivity index (χ1v) is 17.8. The number of benzene rings is 4. The third-order valence-corrected chi connectivity index (χ3v) is 7.86. The molecule has 0 aliphatic heterocycles. The molecule has 0 saturated carbocycles. The van der Waals surface area contributed by atoms with Crippen molar-refractivity contribution in [1.82, 2.24) is 0 Å². The van der Waals surface area contributed by atoms with Crippen LogP contribution in [0.4, 0.5) is 0 Å². The van der Waals surface area contributed by atoms with Crippen molar-refractivity contribution in [3.63, 3.8) is 0 Å². The average molecular weight is 651 g/mol. The van der Waals surface area contributed by atoms with E-state index >= 15 is 0 Å². The van der Waals surface area contributed by atoms with E-state index in [0.29, 0.717) is 0 Å². The smallest absolute Gasteiger partial charge is 0.759 e. The van der Waals surface area contributed by atoms with Crippen LogP contribution in [0.2, 0.25) is 0 Å². The first kappa shape index (κ1) is 44.3. The quantitative estimate of drug-likeness (QED) is 0.0746. The van der Waals surface area contributed by atoms with Crippen molar-refractivity contribution in [2.45, 2.75) is 117 Å². The van der Waals surface area contributed by atoms with E-state index in [1.54, 1.807) is 0 Å². The van der Waals surface area contributed by atoms with Gasteiger partial charge >= 0.3 is 59.1 Å². The van der Waals surface area contributed by atoms with Gasteiger partial charge in [0.1, 0.15) is 0 Å². The van der Waals surface area contributed by atoms with Crippen LogP contribution in [-0.2, 0) is 23.2 Å². The third-order valence-electron chi connectivity index (χ3n) is 7.86. The Morgan fingerprint density at radius 1 is 0.444 bits per heavy atom. The second-order valence-electron chi connectivity index (χ2n) is 11.4. The van der Waals surface area contributed by atoms with Crippen LogP contribution in [0.3, 0.4) is 0 Å². The Balaban J connectivity index is 0.000000721. The predicted octanol–water partition coefficient (Wildman–Crippen LogP) is 4.94. The van der Waals surface area contributed by atoms with Gasteiger partial charge in [0.25, 0.3) is 0 Å². The molecule has 0 bridgehead atoms. The Morgan fingerprint density at radius 3 is 1.09 bits per heavy atom. The van der Waals surface area contributed by atoms with Gasteiger partial charge in [-0.3, -0.25) is 8.42 Å². The SMILES string of the molecule is CCCCCCCCCc1cccc2ccccc12.CCCCCCCCCc1cccc2ccccc12.O=S(=O)([O-])[O-].[Na+].[Na+]. The second-order valence-corrected chi connectivity index (χ2v) is 12.2. The van der Waals surface area contributed by atoms with Crippen molar-refractivity contribution in [1.29, 1.82) is 0 Å². The molecule has 0 N–H and O–H groups in total. The minimum absolute atomic E-state index is 0. The number of rotatable bonds is 16. The molecule has 7 heteroatoms. The summed E-state index contributed by atoms with van der Waals surface area (Å²) in [5.41, 5.74) is 3.04. The van der Waals surface area contributed by atoms with E-state index in [-0.39, 0.29) is 59.1 Å². The summed E-state index contributed by atoms with van der Waals surface area (Å²) < 4.78 is 34.1. The molecule has 0 spiro atoms. The van der Waals surface area contributed by atoms with Crippen molar-refractivity contribution in [3.05, 3.63) is 96.1 Å². The Morgan fingerprint density at radius 2 is 0.733 bits per heavy atom. The van der Waals surface area contributed by atoms with E-state index in [4.69, 9.17) is 17.5 Å². The van der Waals surface area contributed by atoms with Crippen LogP contribution >= 0.6 is 0 Å². The van der Waals surface area contributed by atoms with Gasteiger partial charge in [0, 0.05) is 10.4 Å². The number of aryl methyl sites for hydroxylation is 2. The molecule has 0 radical (unpaired) electrons. The third kappa shape index (κ3) is 21.0. The summed E-state index contributed by atoms with van der Waals surface area (Å²) in [5, 5.41) is 5.64. The van der Waals surface area contributed by atoms with Crippen LogP contribution in [0.25, 0.3) is 21.5 Å². The van der Waals surface area contributed by atoms with Gasteiger partial charge < -0.3 is 9.11 Å². The van der Waals surface area contributed by atoms with E-state index in [1.807, 2.05) is 0 Å². The molecule has 0 atom stereocenters. The predicted molar refractivity (Wildman–Crippen MR) is 182 cm³/mol. The molecule has 4 rings (SSSR count). The van der Waals surface area contributed by atoms with E-state index < -0.39 is 10.4 Å². The van der Waals surface area contributed by atoms with E-state index in [2.05, 4.69) is 98.8 Å². The van der Waals surface area contributed by atoms with Crippen molar-refractivity contribution in [3.8, 4) is 0 Å². The maximum absolute atomic E-state index is 8.52. The fourth-order valence-electron chi connectivity index (χ4n) is 5.57. The topological polar surface area (TPSA) is 80.3 Å².